The molecule has 0 saturated heterocycles. The van der Waals surface area contributed by atoms with Crippen LogP contribution in [0.1, 0.15) is 11.4 Å². The predicted molar refractivity (Wildman–Crippen MR) is 110 cm³/mol. The van der Waals surface area contributed by atoms with Gasteiger partial charge in [-0.3, -0.25) is 9.89 Å². The van der Waals surface area contributed by atoms with Crippen molar-refractivity contribution in [3.05, 3.63) is 63.1 Å². The van der Waals surface area contributed by atoms with Crippen molar-refractivity contribution in [2.45, 2.75) is 18.7 Å². The smallest absolute Gasteiger partial charge is 0.234 e. The Hall–Kier alpha value is -2.10. The maximum atomic E-state index is 13.8. The first-order chi connectivity index (χ1) is 13.4. The number of ether oxygens (including phenoxy) is 1. The highest BCUT2D eigenvalue weighted by atomic mass is 79.9. The fourth-order valence-electron chi connectivity index (χ4n) is 2.24. The van der Waals surface area contributed by atoms with E-state index in [4.69, 9.17) is 16.3 Å². The zero-order valence-electron chi connectivity index (χ0n) is 14.6. The van der Waals surface area contributed by atoms with Gasteiger partial charge in [0.25, 0.3) is 0 Å². The topological polar surface area (TPSA) is 79.9 Å². The summed E-state index contributed by atoms with van der Waals surface area (Å²) in [4.78, 5) is 16.3. The number of benzene rings is 2. The molecule has 0 saturated carbocycles. The van der Waals surface area contributed by atoms with Crippen LogP contribution in [0.15, 0.2) is 46.0 Å². The van der Waals surface area contributed by atoms with E-state index in [1.807, 2.05) is 13.0 Å². The van der Waals surface area contributed by atoms with Gasteiger partial charge in [0.15, 0.2) is 5.82 Å². The fraction of sp³-hybridized carbons (Fsp3) is 0.167. The quantitative estimate of drug-likeness (QED) is 0.462. The summed E-state index contributed by atoms with van der Waals surface area (Å²) < 4.78 is 20.0. The highest BCUT2D eigenvalue weighted by Gasteiger charge is 2.11. The van der Waals surface area contributed by atoms with Gasteiger partial charge in [-0.15, -0.1) is 5.10 Å². The van der Waals surface area contributed by atoms with Crippen molar-refractivity contribution >= 4 is 50.9 Å². The van der Waals surface area contributed by atoms with Gasteiger partial charge in [-0.05, 0) is 48.9 Å². The van der Waals surface area contributed by atoms with E-state index >= 15 is 0 Å². The van der Waals surface area contributed by atoms with Crippen molar-refractivity contribution < 1.29 is 13.9 Å². The molecule has 0 unspecified atom stereocenters. The van der Waals surface area contributed by atoms with Crippen molar-refractivity contribution in [3.8, 4) is 5.75 Å². The number of carbonyl (C=O) groups is 1. The maximum Gasteiger partial charge on any atom is 0.234 e. The van der Waals surface area contributed by atoms with E-state index in [9.17, 15) is 9.18 Å². The van der Waals surface area contributed by atoms with E-state index in [1.165, 1.54) is 12.1 Å². The lowest BCUT2D eigenvalue weighted by molar-refractivity contribution is -0.113. The van der Waals surface area contributed by atoms with Gasteiger partial charge in [-0.25, -0.2) is 9.37 Å². The molecule has 0 aliphatic carbocycles. The Morgan fingerprint density at radius 2 is 2.18 bits per heavy atom. The van der Waals surface area contributed by atoms with Crippen molar-refractivity contribution in [2.24, 2.45) is 0 Å². The summed E-state index contributed by atoms with van der Waals surface area (Å²) in [5, 5.41) is 10.4. The Labute approximate surface area is 178 Å². The van der Waals surface area contributed by atoms with Crippen LogP contribution in [0.5, 0.6) is 5.75 Å². The van der Waals surface area contributed by atoms with E-state index in [0.29, 0.717) is 26.2 Å². The Kier molecular flexibility index (Phi) is 6.93. The van der Waals surface area contributed by atoms with Gasteiger partial charge in [0.05, 0.1) is 11.4 Å². The number of amides is 1. The molecule has 0 fully saturated rings. The van der Waals surface area contributed by atoms with Crippen molar-refractivity contribution in [1.29, 1.82) is 0 Å². The Morgan fingerprint density at radius 3 is 2.93 bits per heavy atom. The van der Waals surface area contributed by atoms with Crippen LogP contribution in [-0.4, -0.2) is 26.8 Å². The zero-order chi connectivity index (χ0) is 20.1. The van der Waals surface area contributed by atoms with Gasteiger partial charge < -0.3 is 10.1 Å². The lowest BCUT2D eigenvalue weighted by Gasteiger charge is -2.07. The van der Waals surface area contributed by atoms with E-state index in [1.54, 1.807) is 18.2 Å². The minimum atomic E-state index is -0.512. The standard InChI is InChI=1S/C18H15BrClFN4O2S/c1-10-6-12(20)3-5-15(10)27-8-16-23-18(25-24-16)28-9-17(26)22-14-4-2-11(19)7-13(14)21/h2-7H,8-9H2,1H3,(H,22,26)(H,23,24,25). The van der Waals surface area contributed by atoms with Crippen LogP contribution in [0.2, 0.25) is 5.02 Å². The molecule has 0 aliphatic rings. The second-order valence-corrected chi connectivity index (χ2v) is 8.02. The van der Waals surface area contributed by atoms with E-state index in [-0.39, 0.29) is 24.0 Å². The van der Waals surface area contributed by atoms with Gasteiger partial charge in [0.2, 0.25) is 11.1 Å². The molecule has 1 aromatic heterocycles. The van der Waals surface area contributed by atoms with Crippen LogP contribution in [0.4, 0.5) is 10.1 Å². The summed E-state index contributed by atoms with van der Waals surface area (Å²) in [5.41, 5.74) is 1.04. The average molecular weight is 486 g/mol. The normalized spacial score (nSPS) is 10.7. The molecule has 1 amide bonds. The first kappa shape index (κ1) is 20.6. The van der Waals surface area contributed by atoms with E-state index in [0.717, 1.165) is 17.3 Å². The molecule has 10 heteroatoms. The summed E-state index contributed by atoms with van der Waals surface area (Å²) in [6.45, 7) is 2.10. The lowest BCUT2D eigenvalue weighted by Crippen LogP contribution is -2.15. The summed E-state index contributed by atoms with van der Waals surface area (Å²) >= 11 is 10.2. The summed E-state index contributed by atoms with van der Waals surface area (Å²) in [7, 11) is 0. The number of hydrogen-bond donors (Lipinski definition) is 2. The molecule has 0 radical (unpaired) electrons. The summed E-state index contributed by atoms with van der Waals surface area (Å²) in [6, 6.07) is 9.77. The number of hydrogen-bond acceptors (Lipinski definition) is 5. The minimum absolute atomic E-state index is 0.0456. The zero-order valence-corrected chi connectivity index (χ0v) is 17.8. The molecule has 28 heavy (non-hydrogen) atoms. The predicted octanol–water partition coefficient (Wildman–Crippen LogP) is 4.98. The Balaban J connectivity index is 1.49. The van der Waals surface area contributed by atoms with Crippen LogP contribution in [0.3, 0.4) is 0 Å². The van der Waals surface area contributed by atoms with Crippen LogP contribution >= 0.6 is 39.3 Å². The third-order valence-electron chi connectivity index (χ3n) is 3.55. The number of nitrogens with one attached hydrogen (secondary N) is 2. The first-order valence-electron chi connectivity index (χ1n) is 8.08. The molecule has 2 aromatic carbocycles. The monoisotopic (exact) mass is 484 g/mol. The summed E-state index contributed by atoms with van der Waals surface area (Å²) in [6.07, 6.45) is 0. The molecular formula is C18H15BrClFN4O2S. The highest BCUT2D eigenvalue weighted by Crippen LogP contribution is 2.23. The third-order valence-corrected chi connectivity index (χ3v) is 5.13. The summed E-state index contributed by atoms with van der Waals surface area (Å²) in [5.74, 6) is 0.402. The fourth-order valence-corrected chi connectivity index (χ4v) is 3.41. The van der Waals surface area contributed by atoms with Crippen LogP contribution in [0, 0.1) is 12.7 Å². The number of aromatic nitrogens is 3. The van der Waals surface area contributed by atoms with Crippen LogP contribution in [0.25, 0.3) is 0 Å². The molecule has 0 spiro atoms. The number of nitrogens with zero attached hydrogens (tertiary/aromatic N) is 2. The molecule has 0 aliphatic heterocycles. The number of halogens is 3. The maximum absolute atomic E-state index is 13.8. The largest absolute Gasteiger partial charge is 0.485 e. The molecule has 146 valence electrons. The number of thioether (sulfide) groups is 1. The minimum Gasteiger partial charge on any atom is -0.485 e. The lowest BCUT2D eigenvalue weighted by atomic mass is 10.2. The first-order valence-corrected chi connectivity index (χ1v) is 10.2. The van der Waals surface area contributed by atoms with Crippen LogP contribution in [-0.2, 0) is 11.4 Å². The Bertz CT molecular complexity index is 1000. The molecule has 6 nitrogen and oxygen atoms in total. The highest BCUT2D eigenvalue weighted by molar-refractivity contribution is 9.10. The SMILES string of the molecule is Cc1cc(Cl)ccc1OCc1nc(SCC(=O)Nc2ccc(Br)cc2F)n[nH]1. The number of H-pyrrole nitrogens is 1. The van der Waals surface area contributed by atoms with E-state index in [2.05, 4.69) is 36.4 Å². The van der Waals surface area contributed by atoms with Crippen LogP contribution < -0.4 is 10.1 Å². The van der Waals surface area contributed by atoms with Gasteiger partial charge in [0.1, 0.15) is 18.2 Å². The van der Waals surface area contributed by atoms with Gasteiger partial charge in [-0.2, -0.15) is 0 Å². The molecule has 3 rings (SSSR count). The molecule has 1 heterocycles. The number of anilines is 1. The van der Waals surface area contributed by atoms with Crippen molar-refractivity contribution in [3.63, 3.8) is 0 Å². The van der Waals surface area contributed by atoms with Gasteiger partial charge >= 0.3 is 0 Å². The molecule has 3 aromatic rings. The number of aryl methyl sites for hydroxylation is 1. The third kappa shape index (κ3) is 5.70. The molecule has 0 bridgehead atoms. The molecular weight excluding hydrogens is 471 g/mol. The second-order valence-electron chi connectivity index (χ2n) is 5.72. The van der Waals surface area contributed by atoms with Gasteiger partial charge in [0, 0.05) is 9.50 Å². The second kappa shape index (κ2) is 9.40. The van der Waals surface area contributed by atoms with Crippen molar-refractivity contribution in [1.82, 2.24) is 15.2 Å². The van der Waals surface area contributed by atoms with Crippen molar-refractivity contribution in [2.75, 3.05) is 11.1 Å². The Morgan fingerprint density at radius 1 is 1.36 bits per heavy atom. The number of aromatic amines is 1. The van der Waals surface area contributed by atoms with E-state index < -0.39 is 5.82 Å². The van der Waals surface area contributed by atoms with Gasteiger partial charge in [-0.1, -0.05) is 39.3 Å². The number of carbonyl (C=O) groups excluding carboxylic acids is 1. The molecule has 2 N–H and O–H groups in total. The average Bonchev–Trinajstić information content (AvgIpc) is 3.09. The molecule has 0 atom stereocenters. The number of rotatable bonds is 7.